The van der Waals surface area contributed by atoms with Crippen LogP contribution in [0.5, 0.6) is 0 Å². The fourth-order valence-corrected chi connectivity index (χ4v) is 2.93. The molecule has 0 bridgehead atoms. The summed E-state index contributed by atoms with van der Waals surface area (Å²) in [4.78, 5) is 0.870. The molecule has 0 unspecified atom stereocenters. The first kappa shape index (κ1) is 14.0. The maximum atomic E-state index is 4.64. The Morgan fingerprint density at radius 1 is 1.14 bits per heavy atom. The normalized spacial score (nSPS) is 12.0. The van der Waals surface area contributed by atoms with Crippen molar-refractivity contribution in [1.82, 2.24) is 19.8 Å². The lowest BCUT2D eigenvalue weighted by Crippen LogP contribution is -2.16. The number of aromatic nitrogens is 4. The molecule has 6 heteroatoms. The van der Waals surface area contributed by atoms with Crippen molar-refractivity contribution in [2.24, 2.45) is 0 Å². The molecule has 0 amide bonds. The van der Waals surface area contributed by atoms with E-state index in [0.717, 1.165) is 34.4 Å². The van der Waals surface area contributed by atoms with E-state index in [2.05, 4.69) is 53.5 Å². The molecule has 1 aromatic carbocycles. The van der Waals surface area contributed by atoms with Gasteiger partial charge in [-0.1, -0.05) is 50.3 Å². The Morgan fingerprint density at radius 2 is 1.90 bits per heavy atom. The summed E-state index contributed by atoms with van der Waals surface area (Å²) in [5, 5.41) is 17.6. The average Bonchev–Trinajstić information content (AvgIpc) is 2.98. The summed E-state index contributed by atoms with van der Waals surface area (Å²) in [5.74, 6) is 0.913. The van der Waals surface area contributed by atoms with E-state index in [-0.39, 0.29) is 5.41 Å². The first-order valence-electron chi connectivity index (χ1n) is 7.04. The van der Waals surface area contributed by atoms with Crippen molar-refractivity contribution in [2.45, 2.75) is 32.6 Å². The molecule has 0 saturated heterocycles. The van der Waals surface area contributed by atoms with Gasteiger partial charge in [-0.15, -0.1) is 10.2 Å². The van der Waals surface area contributed by atoms with Crippen LogP contribution in [0.15, 0.2) is 30.3 Å². The summed E-state index contributed by atoms with van der Waals surface area (Å²) in [7, 11) is 0. The van der Waals surface area contributed by atoms with Gasteiger partial charge >= 0.3 is 0 Å². The molecule has 21 heavy (non-hydrogen) atoms. The third-order valence-corrected chi connectivity index (χ3v) is 4.10. The van der Waals surface area contributed by atoms with Crippen LogP contribution in [-0.2, 0) is 11.8 Å². The van der Waals surface area contributed by atoms with Gasteiger partial charge in [0, 0.05) is 24.1 Å². The molecular weight excluding hydrogens is 282 g/mol. The van der Waals surface area contributed by atoms with Crippen molar-refractivity contribution >= 4 is 22.0 Å². The van der Waals surface area contributed by atoms with Gasteiger partial charge in [-0.2, -0.15) is 9.61 Å². The Hall–Kier alpha value is -1.95. The molecule has 0 aliphatic carbocycles. The second-order valence-electron chi connectivity index (χ2n) is 6.01. The van der Waals surface area contributed by atoms with Gasteiger partial charge in [0.1, 0.15) is 5.01 Å². The summed E-state index contributed by atoms with van der Waals surface area (Å²) in [5.41, 5.74) is 1.09. The topological polar surface area (TPSA) is 55.1 Å². The predicted molar refractivity (Wildman–Crippen MR) is 86.0 cm³/mol. The van der Waals surface area contributed by atoms with Crippen molar-refractivity contribution in [2.75, 3.05) is 11.9 Å². The minimum Gasteiger partial charge on any atom is -0.385 e. The minimum atomic E-state index is -0.0486. The van der Waals surface area contributed by atoms with Gasteiger partial charge in [-0.05, 0) is 12.1 Å². The van der Waals surface area contributed by atoms with Crippen molar-refractivity contribution in [3.05, 3.63) is 41.2 Å². The van der Waals surface area contributed by atoms with E-state index in [1.807, 2.05) is 22.7 Å². The number of fused-ring (bicyclic) bond motifs is 1. The molecule has 0 radical (unpaired) electrons. The smallest absolute Gasteiger partial charge is 0.234 e. The highest BCUT2D eigenvalue weighted by Crippen LogP contribution is 2.23. The fraction of sp³-hybridized carbons (Fsp3) is 0.400. The number of nitrogens with zero attached hydrogens (tertiary/aromatic N) is 4. The van der Waals surface area contributed by atoms with Crippen molar-refractivity contribution < 1.29 is 0 Å². The molecule has 0 aliphatic heterocycles. The van der Waals surface area contributed by atoms with Crippen molar-refractivity contribution in [1.29, 1.82) is 0 Å². The molecule has 2 aromatic heterocycles. The highest BCUT2D eigenvalue weighted by atomic mass is 32.1. The van der Waals surface area contributed by atoms with Gasteiger partial charge in [-0.3, -0.25) is 0 Å². The van der Waals surface area contributed by atoms with Gasteiger partial charge in [0.05, 0.1) is 0 Å². The number of benzene rings is 1. The van der Waals surface area contributed by atoms with Crippen LogP contribution in [0.1, 0.15) is 31.6 Å². The number of rotatable bonds is 4. The molecule has 0 spiro atoms. The maximum Gasteiger partial charge on any atom is 0.234 e. The lowest BCUT2D eigenvalue weighted by molar-refractivity contribution is 0.526. The number of anilines is 1. The minimum absolute atomic E-state index is 0.0486. The Kier molecular flexibility index (Phi) is 3.63. The van der Waals surface area contributed by atoms with Crippen LogP contribution >= 0.6 is 11.3 Å². The Balaban J connectivity index is 1.69. The summed E-state index contributed by atoms with van der Waals surface area (Å²) >= 11 is 1.61. The molecule has 0 fully saturated rings. The lowest BCUT2D eigenvalue weighted by Gasteiger charge is -2.13. The van der Waals surface area contributed by atoms with Crippen LogP contribution < -0.4 is 5.32 Å². The summed E-state index contributed by atoms with van der Waals surface area (Å²) in [6, 6.07) is 10.2. The van der Waals surface area contributed by atoms with Crippen LogP contribution in [0, 0.1) is 0 Å². The third kappa shape index (κ3) is 3.05. The van der Waals surface area contributed by atoms with E-state index in [1.54, 1.807) is 11.3 Å². The first-order chi connectivity index (χ1) is 10.0. The van der Waals surface area contributed by atoms with Crippen LogP contribution in [0.3, 0.4) is 0 Å². The van der Waals surface area contributed by atoms with Crippen LogP contribution in [-0.4, -0.2) is 26.4 Å². The van der Waals surface area contributed by atoms with Crippen molar-refractivity contribution in [3.8, 4) is 0 Å². The van der Waals surface area contributed by atoms with Gasteiger partial charge in [0.15, 0.2) is 5.82 Å². The molecule has 3 rings (SSSR count). The molecule has 2 heterocycles. The molecule has 3 aromatic rings. The number of hydrogen-bond acceptors (Lipinski definition) is 5. The van der Waals surface area contributed by atoms with Gasteiger partial charge < -0.3 is 5.32 Å². The molecular formula is C15H19N5S. The molecule has 0 saturated carbocycles. The monoisotopic (exact) mass is 301 g/mol. The maximum absolute atomic E-state index is 4.64. The number of hydrogen-bond donors (Lipinski definition) is 1. The summed E-state index contributed by atoms with van der Waals surface area (Å²) in [6.45, 7) is 7.23. The molecule has 0 atom stereocenters. The number of para-hydroxylation sites is 1. The van der Waals surface area contributed by atoms with E-state index in [9.17, 15) is 0 Å². The van der Waals surface area contributed by atoms with Crippen molar-refractivity contribution in [3.63, 3.8) is 0 Å². The van der Waals surface area contributed by atoms with Crippen LogP contribution in [0.4, 0.5) is 5.69 Å². The largest absolute Gasteiger partial charge is 0.385 e. The zero-order chi connectivity index (χ0) is 14.9. The second-order valence-corrected chi connectivity index (χ2v) is 7.05. The first-order valence-corrected chi connectivity index (χ1v) is 7.86. The predicted octanol–water partition coefficient (Wildman–Crippen LogP) is 3.14. The zero-order valence-corrected chi connectivity index (χ0v) is 13.3. The van der Waals surface area contributed by atoms with Gasteiger partial charge in [0.25, 0.3) is 0 Å². The molecule has 110 valence electrons. The Morgan fingerprint density at radius 3 is 2.62 bits per heavy atom. The third-order valence-electron chi connectivity index (χ3n) is 3.15. The molecule has 5 nitrogen and oxygen atoms in total. The lowest BCUT2D eigenvalue weighted by atomic mass is 9.96. The van der Waals surface area contributed by atoms with Gasteiger partial charge in [0.2, 0.25) is 4.96 Å². The quantitative estimate of drug-likeness (QED) is 0.804. The number of nitrogens with one attached hydrogen (secondary N) is 1. The standard InChI is InChI=1S/C15H19N5S/c1-15(2,3)13-17-18-14-20(13)19-12(21-14)9-10-16-11-7-5-4-6-8-11/h4-8,16H,9-10H2,1-3H3. The van der Waals surface area contributed by atoms with E-state index in [1.165, 1.54) is 0 Å². The Bertz CT molecular complexity index is 723. The summed E-state index contributed by atoms with van der Waals surface area (Å²) in [6.07, 6.45) is 0.881. The average molecular weight is 301 g/mol. The zero-order valence-electron chi connectivity index (χ0n) is 12.5. The summed E-state index contributed by atoms with van der Waals surface area (Å²) < 4.78 is 1.88. The second kappa shape index (κ2) is 5.44. The highest BCUT2D eigenvalue weighted by molar-refractivity contribution is 7.16. The van der Waals surface area contributed by atoms with Crippen LogP contribution in [0.2, 0.25) is 0 Å². The van der Waals surface area contributed by atoms with E-state index in [4.69, 9.17) is 0 Å². The fourth-order valence-electron chi connectivity index (χ4n) is 2.10. The SMILES string of the molecule is CC(C)(C)c1nnc2sc(CCNc3ccccc3)nn12. The van der Waals surface area contributed by atoms with Crippen LogP contribution in [0.25, 0.3) is 4.96 Å². The van der Waals surface area contributed by atoms with E-state index < -0.39 is 0 Å². The molecule has 1 N–H and O–H groups in total. The van der Waals surface area contributed by atoms with E-state index >= 15 is 0 Å². The van der Waals surface area contributed by atoms with Gasteiger partial charge in [-0.25, -0.2) is 0 Å². The Labute approximate surface area is 128 Å². The molecule has 0 aliphatic rings. The van der Waals surface area contributed by atoms with E-state index in [0.29, 0.717) is 0 Å². The highest BCUT2D eigenvalue weighted by Gasteiger charge is 2.23.